The fourth-order valence-electron chi connectivity index (χ4n) is 3.67. The monoisotopic (exact) mass is 491 g/mol. The van der Waals surface area contributed by atoms with E-state index in [4.69, 9.17) is 42.8 Å². The number of morpholine rings is 1. The van der Waals surface area contributed by atoms with Crippen LogP contribution in [0.25, 0.3) is 11.0 Å². The van der Waals surface area contributed by atoms with E-state index in [1.807, 2.05) is 0 Å². The second kappa shape index (κ2) is 10.4. The summed E-state index contributed by atoms with van der Waals surface area (Å²) in [5, 5.41) is 3.57. The van der Waals surface area contributed by atoms with Gasteiger partial charge in [0.25, 0.3) is 0 Å². The number of hydrogen-bond donors (Lipinski definition) is 2. The fourth-order valence-corrected chi connectivity index (χ4v) is 4.17. The molecular formula is C23H23Cl2N3O5. The average molecular weight is 492 g/mol. The summed E-state index contributed by atoms with van der Waals surface area (Å²) in [5.74, 6) is -0.00513. The molecule has 1 aliphatic rings. The Bertz CT molecular complexity index is 1170. The summed E-state index contributed by atoms with van der Waals surface area (Å²) >= 11 is 12.1. The van der Waals surface area contributed by atoms with Gasteiger partial charge in [0.15, 0.2) is 5.76 Å². The minimum Gasteiger partial charge on any atom is -0.493 e. The molecule has 174 valence electrons. The number of halogens is 2. The Morgan fingerprint density at radius 3 is 2.64 bits per heavy atom. The molecule has 0 aliphatic carbocycles. The van der Waals surface area contributed by atoms with Crippen LogP contribution in [0, 0.1) is 0 Å². The molecule has 1 aromatic heterocycles. The van der Waals surface area contributed by atoms with Gasteiger partial charge in [-0.1, -0.05) is 23.2 Å². The maximum Gasteiger partial charge on any atom is 0.316 e. The van der Waals surface area contributed by atoms with Crippen molar-refractivity contribution in [1.29, 1.82) is 0 Å². The van der Waals surface area contributed by atoms with E-state index in [9.17, 15) is 9.59 Å². The summed E-state index contributed by atoms with van der Waals surface area (Å²) in [6.45, 7) is 4.85. The van der Waals surface area contributed by atoms with Crippen LogP contribution in [-0.2, 0) is 4.74 Å². The Morgan fingerprint density at radius 2 is 1.91 bits per heavy atom. The Kier molecular flexibility index (Phi) is 7.39. The first kappa shape index (κ1) is 23.4. The Labute approximate surface area is 200 Å². The standard InChI is InChI=1S/C23H23Cl2N3O5/c24-14-2-4-16(18(25)12-14)21(29)22-20(27-23(26)30)17-5-3-15(13-19(17)33-22)32-9-1-6-28-7-10-31-11-8-28/h2-5,12-13H,1,6-11H2,(H3,26,27,30). The van der Waals surface area contributed by atoms with E-state index in [1.165, 1.54) is 12.1 Å². The van der Waals surface area contributed by atoms with Gasteiger partial charge in [-0.05, 0) is 36.8 Å². The molecule has 0 radical (unpaired) electrons. The number of ketones is 1. The molecule has 0 saturated carbocycles. The number of hydrogen-bond acceptors (Lipinski definition) is 6. The lowest BCUT2D eigenvalue weighted by atomic mass is 10.1. The van der Waals surface area contributed by atoms with Crippen molar-refractivity contribution in [2.45, 2.75) is 6.42 Å². The largest absolute Gasteiger partial charge is 0.493 e. The van der Waals surface area contributed by atoms with E-state index in [1.54, 1.807) is 24.3 Å². The Balaban J connectivity index is 1.54. The van der Waals surface area contributed by atoms with Crippen molar-refractivity contribution < 1.29 is 23.5 Å². The van der Waals surface area contributed by atoms with Gasteiger partial charge >= 0.3 is 6.03 Å². The van der Waals surface area contributed by atoms with E-state index < -0.39 is 11.8 Å². The van der Waals surface area contributed by atoms with Gasteiger partial charge in [0.05, 0.1) is 24.8 Å². The topological polar surface area (TPSA) is 107 Å². The number of carbonyl (C=O) groups is 2. The van der Waals surface area contributed by atoms with Gasteiger partial charge in [-0.15, -0.1) is 0 Å². The van der Waals surface area contributed by atoms with Crippen LogP contribution >= 0.6 is 23.2 Å². The van der Waals surface area contributed by atoms with Crippen LogP contribution in [0.4, 0.5) is 10.5 Å². The van der Waals surface area contributed by atoms with E-state index >= 15 is 0 Å². The van der Waals surface area contributed by atoms with Crippen LogP contribution in [0.3, 0.4) is 0 Å². The number of ether oxygens (including phenoxy) is 2. The predicted molar refractivity (Wildman–Crippen MR) is 127 cm³/mol. The summed E-state index contributed by atoms with van der Waals surface area (Å²) in [7, 11) is 0. The third-order valence-corrected chi connectivity index (χ3v) is 5.83. The molecule has 3 aromatic rings. The SMILES string of the molecule is NC(=O)Nc1c(C(=O)c2ccc(Cl)cc2Cl)oc2cc(OCCCN3CCOCC3)ccc12. The number of urea groups is 1. The number of fused-ring (bicyclic) bond motifs is 1. The molecule has 2 amide bonds. The number of nitrogens with zero attached hydrogens (tertiary/aromatic N) is 1. The second-order valence-electron chi connectivity index (χ2n) is 7.56. The summed E-state index contributed by atoms with van der Waals surface area (Å²) < 4.78 is 17.0. The van der Waals surface area contributed by atoms with Crippen LogP contribution in [0.1, 0.15) is 22.5 Å². The molecule has 8 nitrogen and oxygen atoms in total. The summed E-state index contributed by atoms with van der Waals surface area (Å²) in [6.07, 6.45) is 0.865. The lowest BCUT2D eigenvalue weighted by Crippen LogP contribution is -2.37. The molecule has 0 bridgehead atoms. The first-order chi connectivity index (χ1) is 15.9. The molecule has 2 heterocycles. The van der Waals surface area contributed by atoms with E-state index in [0.717, 1.165) is 39.3 Å². The molecule has 33 heavy (non-hydrogen) atoms. The molecule has 1 aliphatic heterocycles. The number of rotatable bonds is 8. The highest BCUT2D eigenvalue weighted by Gasteiger charge is 2.25. The number of carbonyl (C=O) groups excluding carboxylic acids is 2. The van der Waals surface area contributed by atoms with Crippen molar-refractivity contribution >= 4 is 51.7 Å². The number of anilines is 1. The van der Waals surface area contributed by atoms with E-state index in [-0.39, 0.29) is 22.0 Å². The average Bonchev–Trinajstić information content (AvgIpc) is 3.14. The molecule has 0 unspecified atom stereocenters. The zero-order valence-corrected chi connectivity index (χ0v) is 19.2. The van der Waals surface area contributed by atoms with Gasteiger partial charge < -0.3 is 24.9 Å². The van der Waals surface area contributed by atoms with Crippen LogP contribution in [0.15, 0.2) is 40.8 Å². The predicted octanol–water partition coefficient (Wildman–Crippen LogP) is 4.56. The summed E-state index contributed by atoms with van der Waals surface area (Å²) in [6, 6.07) is 8.83. The molecule has 1 saturated heterocycles. The van der Waals surface area contributed by atoms with Crippen molar-refractivity contribution in [3.63, 3.8) is 0 Å². The Morgan fingerprint density at radius 1 is 1.12 bits per heavy atom. The minimum atomic E-state index is -0.822. The number of furan rings is 1. The van der Waals surface area contributed by atoms with Gasteiger partial charge in [-0.25, -0.2) is 4.79 Å². The molecule has 1 fully saturated rings. The minimum absolute atomic E-state index is 0.0857. The number of benzene rings is 2. The third-order valence-electron chi connectivity index (χ3n) is 5.28. The van der Waals surface area contributed by atoms with E-state index in [0.29, 0.717) is 28.3 Å². The molecule has 10 heteroatoms. The quantitative estimate of drug-likeness (QED) is 0.353. The fraction of sp³-hybridized carbons (Fsp3) is 0.304. The molecule has 2 aromatic carbocycles. The molecular weight excluding hydrogens is 469 g/mol. The lowest BCUT2D eigenvalue weighted by molar-refractivity contribution is 0.0358. The first-order valence-electron chi connectivity index (χ1n) is 10.5. The van der Waals surface area contributed by atoms with Gasteiger partial charge in [0.2, 0.25) is 5.78 Å². The van der Waals surface area contributed by atoms with Gasteiger partial charge in [-0.3, -0.25) is 9.69 Å². The Hall–Kier alpha value is -2.78. The van der Waals surface area contributed by atoms with Crippen molar-refractivity contribution in [3.05, 3.63) is 57.8 Å². The maximum absolute atomic E-state index is 13.1. The van der Waals surface area contributed by atoms with Gasteiger partial charge in [0, 0.05) is 41.7 Å². The van der Waals surface area contributed by atoms with Crippen LogP contribution in [0.5, 0.6) is 5.75 Å². The zero-order chi connectivity index (χ0) is 23.4. The third kappa shape index (κ3) is 5.59. The van der Waals surface area contributed by atoms with Crippen molar-refractivity contribution in [2.24, 2.45) is 5.73 Å². The normalized spacial score (nSPS) is 14.4. The van der Waals surface area contributed by atoms with Crippen LogP contribution < -0.4 is 15.8 Å². The smallest absolute Gasteiger partial charge is 0.316 e. The van der Waals surface area contributed by atoms with Gasteiger partial charge in [0.1, 0.15) is 17.0 Å². The number of primary amides is 1. The lowest BCUT2D eigenvalue weighted by Gasteiger charge is -2.26. The van der Waals surface area contributed by atoms with E-state index in [2.05, 4.69) is 10.2 Å². The number of amides is 2. The zero-order valence-electron chi connectivity index (χ0n) is 17.7. The van der Waals surface area contributed by atoms with Gasteiger partial charge in [-0.2, -0.15) is 0 Å². The number of nitrogens with one attached hydrogen (secondary N) is 1. The highest BCUT2D eigenvalue weighted by molar-refractivity contribution is 6.37. The second-order valence-corrected chi connectivity index (χ2v) is 8.41. The van der Waals surface area contributed by atoms with Crippen molar-refractivity contribution in [2.75, 3.05) is 44.8 Å². The van der Waals surface area contributed by atoms with Crippen molar-refractivity contribution in [3.8, 4) is 5.75 Å². The highest BCUT2D eigenvalue weighted by Crippen LogP contribution is 2.36. The molecule has 4 rings (SSSR count). The summed E-state index contributed by atoms with van der Waals surface area (Å²) in [4.78, 5) is 27.1. The molecule has 0 spiro atoms. The van der Waals surface area contributed by atoms with Crippen LogP contribution in [0.2, 0.25) is 10.0 Å². The first-order valence-corrected chi connectivity index (χ1v) is 11.2. The highest BCUT2D eigenvalue weighted by atomic mass is 35.5. The molecule has 3 N–H and O–H groups in total. The maximum atomic E-state index is 13.1. The van der Waals surface area contributed by atoms with Crippen molar-refractivity contribution in [1.82, 2.24) is 4.90 Å². The summed E-state index contributed by atoms with van der Waals surface area (Å²) in [5.41, 5.74) is 6.06. The number of nitrogens with two attached hydrogens (primary N) is 1. The van der Waals surface area contributed by atoms with Crippen LogP contribution in [-0.4, -0.2) is 56.2 Å². The molecule has 0 atom stereocenters.